The summed E-state index contributed by atoms with van der Waals surface area (Å²) in [5.74, 6) is 0. The highest BCUT2D eigenvalue weighted by Crippen LogP contribution is 2.26. The van der Waals surface area contributed by atoms with Gasteiger partial charge in [0.15, 0.2) is 0 Å². The quantitative estimate of drug-likeness (QED) is 0.626. The van der Waals surface area contributed by atoms with Crippen LogP contribution in [0.15, 0.2) is 42.5 Å². The first kappa shape index (κ1) is 17.4. The highest BCUT2D eigenvalue weighted by atomic mass is 14.1. The molecule has 0 fully saturated rings. The van der Waals surface area contributed by atoms with E-state index in [0.29, 0.717) is 0 Å². The maximum Gasteiger partial charge on any atom is -0.0155 e. The Labute approximate surface area is 119 Å². The summed E-state index contributed by atoms with van der Waals surface area (Å²) in [6, 6.07) is 15.6. The van der Waals surface area contributed by atoms with Crippen molar-refractivity contribution in [1.82, 2.24) is 0 Å². The van der Waals surface area contributed by atoms with E-state index in [1.165, 1.54) is 27.8 Å². The lowest BCUT2D eigenvalue weighted by atomic mass is 9.95. The van der Waals surface area contributed by atoms with E-state index in [-0.39, 0.29) is 14.9 Å². The van der Waals surface area contributed by atoms with E-state index in [4.69, 9.17) is 0 Å². The fraction of sp³-hybridized carbons (Fsp3) is 0.368. The molecule has 0 heterocycles. The molecule has 0 amide bonds. The first-order valence-corrected chi connectivity index (χ1v) is 6.43. The van der Waals surface area contributed by atoms with Crippen LogP contribution in [-0.2, 0) is 12.8 Å². The van der Waals surface area contributed by atoms with Crippen LogP contribution in [0.5, 0.6) is 0 Å². The second-order valence-electron chi connectivity index (χ2n) is 4.56. The summed E-state index contributed by atoms with van der Waals surface area (Å²) in [6.07, 6.45) is 2.21. The molecule has 0 spiro atoms. The Morgan fingerprint density at radius 3 is 1.79 bits per heavy atom. The maximum absolute atomic E-state index is 2.32. The molecule has 0 aromatic heterocycles. The first-order chi connectivity index (χ1) is 8.24. The molecule has 19 heavy (non-hydrogen) atoms. The van der Waals surface area contributed by atoms with Crippen molar-refractivity contribution in [3.05, 3.63) is 59.2 Å². The van der Waals surface area contributed by atoms with Gasteiger partial charge in [-0.3, -0.25) is 0 Å². The monoisotopic (exact) mass is 256 g/mol. The van der Waals surface area contributed by atoms with Gasteiger partial charge >= 0.3 is 0 Å². The lowest BCUT2D eigenvalue weighted by Crippen LogP contribution is -1.90. The zero-order valence-electron chi connectivity index (χ0n) is 11.0. The van der Waals surface area contributed by atoms with Crippen LogP contribution >= 0.6 is 0 Å². The summed E-state index contributed by atoms with van der Waals surface area (Å²) in [4.78, 5) is 0. The van der Waals surface area contributed by atoms with Crippen LogP contribution in [0.4, 0.5) is 0 Å². The summed E-state index contributed by atoms with van der Waals surface area (Å²) in [5.41, 5.74) is 6.94. The minimum Gasteiger partial charge on any atom is -0.0776 e. The highest BCUT2D eigenvalue weighted by molar-refractivity contribution is 5.68. The Hall–Kier alpha value is -1.56. The lowest BCUT2D eigenvalue weighted by Gasteiger charge is -2.10. The highest BCUT2D eigenvalue weighted by Gasteiger charge is 2.04. The van der Waals surface area contributed by atoms with Crippen molar-refractivity contribution in [1.29, 1.82) is 0 Å². The van der Waals surface area contributed by atoms with E-state index in [2.05, 4.69) is 63.2 Å². The first-order valence-electron chi connectivity index (χ1n) is 6.43. The molecule has 0 heteroatoms. The average Bonchev–Trinajstić information content (AvgIpc) is 2.38. The predicted molar refractivity (Wildman–Crippen MR) is 88.8 cm³/mol. The molecule has 0 nitrogen and oxygen atoms in total. The standard InChI is InChI=1S/C17H20.2CH4/c1-4-14-10-15(5-2)12-16(11-14)17-9-7-6-8-13(17)3;;/h6-12H,4-5H2,1-3H3;2*1H4. The van der Waals surface area contributed by atoms with Crippen LogP contribution in [0.2, 0.25) is 0 Å². The molecular weight excluding hydrogens is 228 g/mol. The molecule has 2 aromatic carbocycles. The van der Waals surface area contributed by atoms with Gasteiger partial charge in [0, 0.05) is 0 Å². The van der Waals surface area contributed by atoms with E-state index in [1.54, 1.807) is 0 Å². The molecule has 0 bridgehead atoms. The van der Waals surface area contributed by atoms with Crippen molar-refractivity contribution >= 4 is 0 Å². The Bertz CT molecular complexity index is 487. The van der Waals surface area contributed by atoms with Crippen LogP contribution in [0.3, 0.4) is 0 Å². The van der Waals surface area contributed by atoms with Crippen molar-refractivity contribution in [2.75, 3.05) is 0 Å². The van der Waals surface area contributed by atoms with Gasteiger partial charge in [-0.2, -0.15) is 0 Å². The molecule has 0 N–H and O–H groups in total. The summed E-state index contributed by atoms with van der Waals surface area (Å²) < 4.78 is 0. The Morgan fingerprint density at radius 2 is 1.32 bits per heavy atom. The van der Waals surface area contributed by atoms with Crippen molar-refractivity contribution < 1.29 is 0 Å². The van der Waals surface area contributed by atoms with Crippen molar-refractivity contribution in [2.45, 2.75) is 48.5 Å². The molecule has 0 aliphatic heterocycles. The summed E-state index contributed by atoms with van der Waals surface area (Å²) in [5, 5.41) is 0. The number of hydrogen-bond donors (Lipinski definition) is 0. The van der Waals surface area contributed by atoms with Crippen LogP contribution in [0.25, 0.3) is 11.1 Å². The molecule has 0 aliphatic carbocycles. The third-order valence-corrected chi connectivity index (χ3v) is 3.33. The van der Waals surface area contributed by atoms with Gasteiger partial charge in [-0.15, -0.1) is 0 Å². The normalized spacial score (nSPS) is 9.42. The molecular formula is C19H28. The van der Waals surface area contributed by atoms with E-state index in [1.807, 2.05) is 0 Å². The summed E-state index contributed by atoms with van der Waals surface area (Å²) >= 11 is 0. The molecule has 0 saturated carbocycles. The van der Waals surface area contributed by atoms with Crippen molar-refractivity contribution in [3.8, 4) is 11.1 Å². The Kier molecular flexibility index (Phi) is 7.14. The molecule has 0 saturated heterocycles. The average molecular weight is 256 g/mol. The zero-order valence-corrected chi connectivity index (χ0v) is 11.0. The molecule has 0 unspecified atom stereocenters. The topological polar surface area (TPSA) is 0 Å². The third-order valence-electron chi connectivity index (χ3n) is 3.33. The number of hydrogen-bond acceptors (Lipinski definition) is 0. The fourth-order valence-corrected chi connectivity index (χ4v) is 2.22. The van der Waals surface area contributed by atoms with E-state index >= 15 is 0 Å². The minimum atomic E-state index is 0. The molecule has 2 rings (SSSR count). The molecule has 2 aromatic rings. The van der Waals surface area contributed by atoms with Crippen molar-refractivity contribution in [3.63, 3.8) is 0 Å². The van der Waals surface area contributed by atoms with Crippen LogP contribution in [-0.4, -0.2) is 0 Å². The maximum atomic E-state index is 2.32. The van der Waals surface area contributed by atoms with Crippen LogP contribution in [0.1, 0.15) is 45.4 Å². The molecule has 0 atom stereocenters. The summed E-state index contributed by atoms with van der Waals surface area (Å²) in [6.45, 7) is 6.62. The van der Waals surface area contributed by atoms with Gasteiger partial charge in [-0.05, 0) is 47.6 Å². The van der Waals surface area contributed by atoms with E-state index in [0.717, 1.165) is 12.8 Å². The summed E-state index contributed by atoms with van der Waals surface area (Å²) in [7, 11) is 0. The third kappa shape index (κ3) is 3.96. The number of benzene rings is 2. The van der Waals surface area contributed by atoms with Gasteiger partial charge in [-0.25, -0.2) is 0 Å². The lowest BCUT2D eigenvalue weighted by molar-refractivity contribution is 1.09. The Morgan fingerprint density at radius 1 is 0.789 bits per heavy atom. The van der Waals surface area contributed by atoms with E-state index < -0.39 is 0 Å². The van der Waals surface area contributed by atoms with Gasteiger partial charge in [-0.1, -0.05) is 71.2 Å². The predicted octanol–water partition coefficient (Wildman–Crippen LogP) is 6.06. The zero-order chi connectivity index (χ0) is 12.3. The van der Waals surface area contributed by atoms with Crippen molar-refractivity contribution in [2.24, 2.45) is 0 Å². The minimum absolute atomic E-state index is 0. The van der Waals surface area contributed by atoms with Gasteiger partial charge in [0.25, 0.3) is 0 Å². The smallest absolute Gasteiger partial charge is 0.0155 e. The van der Waals surface area contributed by atoms with Gasteiger partial charge in [0.2, 0.25) is 0 Å². The van der Waals surface area contributed by atoms with Gasteiger partial charge in [0.1, 0.15) is 0 Å². The van der Waals surface area contributed by atoms with E-state index in [9.17, 15) is 0 Å². The number of aryl methyl sites for hydroxylation is 3. The van der Waals surface area contributed by atoms with Gasteiger partial charge in [0.05, 0.1) is 0 Å². The second kappa shape index (κ2) is 7.78. The molecule has 0 radical (unpaired) electrons. The Balaban J connectivity index is 0.00000162. The largest absolute Gasteiger partial charge is 0.0776 e. The second-order valence-corrected chi connectivity index (χ2v) is 4.56. The number of rotatable bonds is 3. The molecule has 104 valence electrons. The van der Waals surface area contributed by atoms with Crippen LogP contribution in [0, 0.1) is 6.92 Å². The van der Waals surface area contributed by atoms with Crippen LogP contribution < -0.4 is 0 Å². The SMILES string of the molecule is C.C.CCc1cc(CC)cc(-c2ccccc2C)c1. The molecule has 0 aliphatic rings. The van der Waals surface area contributed by atoms with Gasteiger partial charge < -0.3 is 0 Å². The fourth-order valence-electron chi connectivity index (χ4n) is 2.22.